The third-order valence-electron chi connectivity index (χ3n) is 4.43. The summed E-state index contributed by atoms with van der Waals surface area (Å²) in [4.78, 5) is 0. The molecule has 2 rings (SSSR count). The fourth-order valence-electron chi connectivity index (χ4n) is 3.11. The first kappa shape index (κ1) is 15.5. The van der Waals surface area contributed by atoms with E-state index in [0.717, 1.165) is 11.8 Å². The Labute approximate surface area is 115 Å². The number of hydrogen-bond acceptors (Lipinski definition) is 0. The van der Waals surface area contributed by atoms with Crippen molar-refractivity contribution in [2.45, 2.75) is 72.6 Å². The maximum atomic E-state index is 2.36. The van der Waals surface area contributed by atoms with Crippen LogP contribution in [-0.2, 0) is 0 Å². The third kappa shape index (κ3) is 5.42. The lowest BCUT2D eigenvalue weighted by Crippen LogP contribution is -2.11. The standard InChI is InChI=1S/C11H18.C7H14/c1-3-7-11-9-6-5-8-10(11)4-2;1-7(2)5-3-4-6-7/h5-6,8-11H,3-4,7H2,1-2H3;3-6H2,1-2H3. The van der Waals surface area contributed by atoms with Crippen LogP contribution in [0.4, 0.5) is 0 Å². The van der Waals surface area contributed by atoms with E-state index >= 15 is 0 Å². The number of hydrogen-bond donors (Lipinski definition) is 0. The largest absolute Gasteiger partial charge is 0.0809 e. The van der Waals surface area contributed by atoms with Crippen LogP contribution in [0, 0.1) is 17.3 Å². The number of rotatable bonds is 3. The van der Waals surface area contributed by atoms with Gasteiger partial charge in [0.05, 0.1) is 0 Å². The van der Waals surface area contributed by atoms with Crippen LogP contribution in [0.3, 0.4) is 0 Å². The van der Waals surface area contributed by atoms with Gasteiger partial charge in [0.25, 0.3) is 0 Å². The molecule has 0 heteroatoms. The molecule has 0 aromatic rings. The van der Waals surface area contributed by atoms with E-state index in [1.54, 1.807) is 0 Å². The highest BCUT2D eigenvalue weighted by atomic mass is 14.3. The second kappa shape index (κ2) is 7.81. The van der Waals surface area contributed by atoms with Gasteiger partial charge in [-0.2, -0.15) is 0 Å². The van der Waals surface area contributed by atoms with E-state index in [4.69, 9.17) is 0 Å². The zero-order valence-corrected chi connectivity index (χ0v) is 12.9. The molecular formula is C18H32. The Balaban J connectivity index is 0.000000199. The second-order valence-electron chi connectivity index (χ2n) is 6.67. The van der Waals surface area contributed by atoms with Crippen molar-refractivity contribution in [1.82, 2.24) is 0 Å². The van der Waals surface area contributed by atoms with E-state index in [1.165, 1.54) is 44.9 Å². The molecule has 2 atom stereocenters. The minimum Gasteiger partial charge on any atom is -0.0809 e. The summed E-state index contributed by atoms with van der Waals surface area (Å²) in [5.74, 6) is 1.62. The molecule has 1 saturated carbocycles. The van der Waals surface area contributed by atoms with Gasteiger partial charge >= 0.3 is 0 Å². The predicted octanol–water partition coefficient (Wildman–Crippen LogP) is 6.14. The van der Waals surface area contributed by atoms with Gasteiger partial charge in [-0.05, 0) is 42.9 Å². The van der Waals surface area contributed by atoms with E-state index in [9.17, 15) is 0 Å². The first-order valence-electron chi connectivity index (χ1n) is 7.94. The molecule has 0 radical (unpaired) electrons. The fraction of sp³-hybridized carbons (Fsp3) is 0.778. The molecule has 0 aromatic carbocycles. The van der Waals surface area contributed by atoms with E-state index in [1.807, 2.05) is 0 Å². The van der Waals surface area contributed by atoms with E-state index in [-0.39, 0.29) is 0 Å². The average Bonchev–Trinajstić information content (AvgIpc) is 2.76. The molecule has 0 nitrogen and oxygen atoms in total. The summed E-state index contributed by atoms with van der Waals surface area (Å²) in [6, 6.07) is 0. The highest BCUT2D eigenvalue weighted by molar-refractivity contribution is 5.13. The molecule has 2 aliphatic carbocycles. The Bertz CT molecular complexity index is 262. The molecule has 0 saturated heterocycles. The zero-order chi connectivity index (χ0) is 13.4. The van der Waals surface area contributed by atoms with Crippen molar-refractivity contribution >= 4 is 0 Å². The van der Waals surface area contributed by atoms with Crippen LogP contribution in [0.25, 0.3) is 0 Å². The molecule has 0 aliphatic heterocycles. The van der Waals surface area contributed by atoms with Gasteiger partial charge in [0.2, 0.25) is 0 Å². The Hall–Kier alpha value is -0.520. The van der Waals surface area contributed by atoms with Gasteiger partial charge in [-0.1, -0.05) is 71.3 Å². The van der Waals surface area contributed by atoms with Crippen molar-refractivity contribution in [2.24, 2.45) is 17.3 Å². The predicted molar refractivity (Wildman–Crippen MR) is 82.7 cm³/mol. The summed E-state index contributed by atoms with van der Waals surface area (Å²) in [7, 11) is 0. The van der Waals surface area contributed by atoms with Gasteiger partial charge in [-0.25, -0.2) is 0 Å². The molecule has 18 heavy (non-hydrogen) atoms. The lowest BCUT2D eigenvalue weighted by molar-refractivity contribution is 0.382. The smallest absolute Gasteiger partial charge is 0.0167 e. The molecule has 2 aliphatic rings. The molecule has 0 heterocycles. The first-order valence-corrected chi connectivity index (χ1v) is 7.94. The lowest BCUT2D eigenvalue weighted by atomic mass is 9.84. The molecule has 104 valence electrons. The van der Waals surface area contributed by atoms with E-state index < -0.39 is 0 Å². The average molecular weight is 248 g/mol. The van der Waals surface area contributed by atoms with Gasteiger partial charge in [0.15, 0.2) is 0 Å². The summed E-state index contributed by atoms with van der Waals surface area (Å²) in [6.07, 6.45) is 18.8. The Kier molecular flexibility index (Phi) is 6.75. The van der Waals surface area contributed by atoms with Gasteiger partial charge in [0, 0.05) is 0 Å². The van der Waals surface area contributed by atoms with Crippen LogP contribution in [0.5, 0.6) is 0 Å². The Morgan fingerprint density at radius 1 is 0.944 bits per heavy atom. The van der Waals surface area contributed by atoms with E-state index in [2.05, 4.69) is 52.0 Å². The maximum absolute atomic E-state index is 2.36. The summed E-state index contributed by atoms with van der Waals surface area (Å²) in [5, 5.41) is 0. The van der Waals surface area contributed by atoms with Crippen molar-refractivity contribution in [3.63, 3.8) is 0 Å². The Morgan fingerprint density at radius 2 is 1.50 bits per heavy atom. The summed E-state index contributed by atoms with van der Waals surface area (Å²) >= 11 is 0. The molecule has 0 aromatic heterocycles. The van der Waals surface area contributed by atoms with Crippen molar-refractivity contribution < 1.29 is 0 Å². The zero-order valence-electron chi connectivity index (χ0n) is 12.9. The topological polar surface area (TPSA) is 0 Å². The monoisotopic (exact) mass is 248 g/mol. The van der Waals surface area contributed by atoms with Crippen LogP contribution >= 0.6 is 0 Å². The lowest BCUT2D eigenvalue weighted by Gasteiger charge is -2.21. The summed E-state index contributed by atoms with van der Waals surface area (Å²) < 4.78 is 0. The molecule has 0 bridgehead atoms. The summed E-state index contributed by atoms with van der Waals surface area (Å²) in [5.41, 5.74) is 0.694. The minimum atomic E-state index is 0.694. The van der Waals surface area contributed by atoms with E-state index in [0.29, 0.717) is 5.41 Å². The SMILES string of the molecule is CC1(C)CCCC1.CCCC1C=CC=CC1CC. The first-order chi connectivity index (χ1) is 8.59. The third-order valence-corrected chi connectivity index (χ3v) is 4.43. The molecular weight excluding hydrogens is 216 g/mol. The molecule has 1 fully saturated rings. The quantitative estimate of drug-likeness (QED) is 0.562. The van der Waals surface area contributed by atoms with Gasteiger partial charge < -0.3 is 0 Å². The van der Waals surface area contributed by atoms with Crippen LogP contribution < -0.4 is 0 Å². The Morgan fingerprint density at radius 3 is 1.89 bits per heavy atom. The minimum absolute atomic E-state index is 0.694. The van der Waals surface area contributed by atoms with Crippen LogP contribution in [0.2, 0.25) is 0 Å². The van der Waals surface area contributed by atoms with Gasteiger partial charge in [-0.3, -0.25) is 0 Å². The van der Waals surface area contributed by atoms with Crippen LogP contribution in [-0.4, -0.2) is 0 Å². The molecule has 0 N–H and O–H groups in total. The number of allylic oxidation sites excluding steroid dienone is 4. The second-order valence-corrected chi connectivity index (χ2v) is 6.67. The highest BCUT2D eigenvalue weighted by Gasteiger charge is 2.21. The summed E-state index contributed by atoms with van der Waals surface area (Å²) in [6.45, 7) is 9.26. The molecule has 0 spiro atoms. The molecule has 0 amide bonds. The fourth-order valence-corrected chi connectivity index (χ4v) is 3.11. The van der Waals surface area contributed by atoms with Crippen molar-refractivity contribution in [2.75, 3.05) is 0 Å². The van der Waals surface area contributed by atoms with Crippen molar-refractivity contribution in [3.05, 3.63) is 24.3 Å². The van der Waals surface area contributed by atoms with Crippen molar-refractivity contribution in [1.29, 1.82) is 0 Å². The van der Waals surface area contributed by atoms with Crippen LogP contribution in [0.15, 0.2) is 24.3 Å². The molecule has 2 unspecified atom stereocenters. The van der Waals surface area contributed by atoms with Gasteiger partial charge in [-0.15, -0.1) is 0 Å². The van der Waals surface area contributed by atoms with Crippen molar-refractivity contribution in [3.8, 4) is 0 Å². The van der Waals surface area contributed by atoms with Gasteiger partial charge in [0.1, 0.15) is 0 Å². The highest BCUT2D eigenvalue weighted by Crippen LogP contribution is 2.36. The maximum Gasteiger partial charge on any atom is -0.0167 e. The van der Waals surface area contributed by atoms with Crippen LogP contribution in [0.1, 0.15) is 72.6 Å². The normalized spacial score (nSPS) is 28.9.